The van der Waals surface area contributed by atoms with Crippen LogP contribution in [0.5, 0.6) is 0 Å². The van der Waals surface area contributed by atoms with Crippen LogP contribution in [-0.4, -0.2) is 29.7 Å². The van der Waals surface area contributed by atoms with Crippen molar-refractivity contribution in [3.8, 4) is 0 Å². The molecule has 1 unspecified atom stereocenters. The molecule has 0 aromatic rings. The van der Waals surface area contributed by atoms with Crippen molar-refractivity contribution < 1.29 is 9.90 Å². The Balaban J connectivity index is 2.47. The Bertz CT molecular complexity index is 280. The highest BCUT2D eigenvalue weighted by atomic mass is 16.3. The number of rotatable bonds is 5. The summed E-state index contributed by atoms with van der Waals surface area (Å²) in [6.07, 6.45) is 4.34. The van der Waals surface area contributed by atoms with Gasteiger partial charge in [0.2, 0.25) is 5.91 Å². The molecule has 0 bridgehead atoms. The average molecular weight is 256 g/mol. The molecule has 1 fully saturated rings. The Labute approximate surface area is 110 Å². The normalized spacial score (nSPS) is 31.7. The van der Waals surface area contributed by atoms with E-state index < -0.39 is 11.0 Å². The van der Waals surface area contributed by atoms with Crippen molar-refractivity contribution in [1.82, 2.24) is 5.32 Å². The third-order valence-corrected chi connectivity index (χ3v) is 4.56. The largest absolute Gasteiger partial charge is 0.388 e. The molecular weight excluding hydrogens is 228 g/mol. The van der Waals surface area contributed by atoms with E-state index in [1.807, 2.05) is 13.8 Å². The van der Waals surface area contributed by atoms with Gasteiger partial charge in [-0.15, -0.1) is 0 Å². The van der Waals surface area contributed by atoms with Crippen LogP contribution >= 0.6 is 0 Å². The van der Waals surface area contributed by atoms with E-state index in [1.54, 1.807) is 0 Å². The van der Waals surface area contributed by atoms with Crippen LogP contribution in [0.25, 0.3) is 0 Å². The van der Waals surface area contributed by atoms with Gasteiger partial charge in [0.25, 0.3) is 0 Å². The van der Waals surface area contributed by atoms with Crippen LogP contribution in [0.4, 0.5) is 0 Å². The van der Waals surface area contributed by atoms with E-state index in [9.17, 15) is 9.90 Å². The van der Waals surface area contributed by atoms with Crippen molar-refractivity contribution in [1.29, 1.82) is 0 Å². The Morgan fingerprint density at radius 1 is 1.50 bits per heavy atom. The third-order valence-electron chi connectivity index (χ3n) is 4.56. The van der Waals surface area contributed by atoms with Crippen molar-refractivity contribution in [3.63, 3.8) is 0 Å². The highest BCUT2D eigenvalue weighted by Crippen LogP contribution is 2.31. The van der Waals surface area contributed by atoms with Crippen LogP contribution in [0.1, 0.15) is 52.9 Å². The second kappa shape index (κ2) is 6.02. The standard InChI is InChI=1S/C14H28N2O2/c1-4-13(3,9-15)12(17)16-10-14(18)7-5-11(2)6-8-14/h11,18H,4-10,15H2,1-3H3,(H,16,17). The molecule has 4 nitrogen and oxygen atoms in total. The zero-order chi connectivity index (χ0) is 13.8. The second-order valence-corrected chi connectivity index (χ2v) is 6.21. The molecule has 0 saturated heterocycles. The van der Waals surface area contributed by atoms with E-state index in [0.717, 1.165) is 25.7 Å². The quantitative estimate of drug-likeness (QED) is 0.696. The molecule has 18 heavy (non-hydrogen) atoms. The molecule has 0 aliphatic heterocycles. The molecule has 0 aromatic carbocycles. The van der Waals surface area contributed by atoms with Crippen LogP contribution in [0.15, 0.2) is 0 Å². The Morgan fingerprint density at radius 3 is 2.50 bits per heavy atom. The number of aliphatic hydroxyl groups is 1. The highest BCUT2D eigenvalue weighted by molar-refractivity contribution is 5.82. The zero-order valence-corrected chi connectivity index (χ0v) is 12.0. The first kappa shape index (κ1) is 15.4. The molecule has 0 radical (unpaired) electrons. The van der Waals surface area contributed by atoms with Gasteiger partial charge in [0.15, 0.2) is 0 Å². The van der Waals surface area contributed by atoms with Gasteiger partial charge in [0, 0.05) is 13.1 Å². The Kier molecular flexibility index (Phi) is 5.17. The highest BCUT2D eigenvalue weighted by Gasteiger charge is 2.35. The Hall–Kier alpha value is -0.610. The molecule has 1 saturated carbocycles. The lowest BCUT2D eigenvalue weighted by Crippen LogP contribution is -2.50. The van der Waals surface area contributed by atoms with Gasteiger partial charge >= 0.3 is 0 Å². The SMILES string of the molecule is CCC(C)(CN)C(=O)NCC1(O)CCC(C)CC1. The van der Waals surface area contributed by atoms with E-state index in [0.29, 0.717) is 25.4 Å². The van der Waals surface area contributed by atoms with E-state index in [-0.39, 0.29) is 5.91 Å². The lowest BCUT2D eigenvalue weighted by molar-refractivity contribution is -0.131. The molecule has 1 aliphatic carbocycles. The van der Waals surface area contributed by atoms with E-state index >= 15 is 0 Å². The van der Waals surface area contributed by atoms with Crippen molar-refractivity contribution in [2.24, 2.45) is 17.1 Å². The molecule has 1 amide bonds. The maximum Gasteiger partial charge on any atom is 0.227 e. The van der Waals surface area contributed by atoms with Gasteiger partial charge < -0.3 is 16.2 Å². The van der Waals surface area contributed by atoms with E-state index in [4.69, 9.17) is 5.73 Å². The van der Waals surface area contributed by atoms with Gasteiger partial charge in [0.1, 0.15) is 0 Å². The molecule has 106 valence electrons. The van der Waals surface area contributed by atoms with Gasteiger partial charge in [-0.1, -0.05) is 13.8 Å². The predicted molar refractivity (Wildman–Crippen MR) is 73.0 cm³/mol. The minimum Gasteiger partial charge on any atom is -0.388 e. The topological polar surface area (TPSA) is 75.4 Å². The molecule has 1 aliphatic rings. The number of hydrogen-bond acceptors (Lipinski definition) is 3. The van der Waals surface area contributed by atoms with E-state index in [1.165, 1.54) is 0 Å². The minimum atomic E-state index is -0.717. The summed E-state index contributed by atoms with van der Waals surface area (Å²) in [5.74, 6) is 0.644. The van der Waals surface area contributed by atoms with Crippen molar-refractivity contribution in [3.05, 3.63) is 0 Å². The molecule has 0 aromatic heterocycles. The third kappa shape index (κ3) is 3.69. The molecule has 4 heteroatoms. The van der Waals surface area contributed by atoms with Crippen LogP contribution in [0.3, 0.4) is 0 Å². The summed E-state index contributed by atoms with van der Waals surface area (Å²) >= 11 is 0. The lowest BCUT2D eigenvalue weighted by atomic mass is 9.79. The summed E-state index contributed by atoms with van der Waals surface area (Å²) < 4.78 is 0. The number of hydrogen-bond donors (Lipinski definition) is 3. The smallest absolute Gasteiger partial charge is 0.227 e. The van der Waals surface area contributed by atoms with Crippen LogP contribution in [0.2, 0.25) is 0 Å². The molecule has 1 rings (SSSR count). The predicted octanol–water partition coefficient (Wildman–Crippen LogP) is 1.42. The molecule has 0 spiro atoms. The summed E-state index contributed by atoms with van der Waals surface area (Å²) in [5, 5.41) is 13.3. The van der Waals surface area contributed by atoms with Gasteiger partial charge in [-0.2, -0.15) is 0 Å². The maximum absolute atomic E-state index is 12.1. The first-order chi connectivity index (χ1) is 8.35. The van der Waals surface area contributed by atoms with Gasteiger partial charge in [-0.25, -0.2) is 0 Å². The monoisotopic (exact) mass is 256 g/mol. The van der Waals surface area contributed by atoms with Gasteiger partial charge in [0.05, 0.1) is 11.0 Å². The fourth-order valence-corrected chi connectivity index (χ4v) is 2.33. The number of amides is 1. The number of carbonyl (C=O) groups is 1. The van der Waals surface area contributed by atoms with Crippen molar-refractivity contribution in [2.75, 3.05) is 13.1 Å². The van der Waals surface area contributed by atoms with Gasteiger partial charge in [-0.05, 0) is 44.9 Å². The first-order valence-corrected chi connectivity index (χ1v) is 7.06. The number of carbonyl (C=O) groups excluding carboxylic acids is 1. The van der Waals surface area contributed by atoms with Crippen LogP contribution < -0.4 is 11.1 Å². The maximum atomic E-state index is 12.1. The van der Waals surface area contributed by atoms with Crippen molar-refractivity contribution >= 4 is 5.91 Å². The molecule has 0 heterocycles. The Morgan fingerprint density at radius 2 is 2.06 bits per heavy atom. The number of nitrogens with one attached hydrogen (secondary N) is 1. The first-order valence-electron chi connectivity index (χ1n) is 7.06. The average Bonchev–Trinajstić information content (AvgIpc) is 2.39. The summed E-state index contributed by atoms with van der Waals surface area (Å²) in [7, 11) is 0. The fraction of sp³-hybridized carbons (Fsp3) is 0.929. The van der Waals surface area contributed by atoms with Crippen LogP contribution in [-0.2, 0) is 4.79 Å². The fourth-order valence-electron chi connectivity index (χ4n) is 2.33. The zero-order valence-electron chi connectivity index (χ0n) is 12.0. The summed E-state index contributed by atoms with van der Waals surface area (Å²) in [5.41, 5.74) is 4.42. The minimum absolute atomic E-state index is 0.0421. The molecular formula is C14H28N2O2. The molecule has 4 N–H and O–H groups in total. The van der Waals surface area contributed by atoms with Gasteiger partial charge in [-0.3, -0.25) is 4.79 Å². The summed E-state index contributed by atoms with van der Waals surface area (Å²) in [4.78, 5) is 12.1. The second-order valence-electron chi connectivity index (χ2n) is 6.21. The lowest BCUT2D eigenvalue weighted by Gasteiger charge is -2.36. The van der Waals surface area contributed by atoms with E-state index in [2.05, 4.69) is 12.2 Å². The molecule has 1 atom stereocenters. The summed E-state index contributed by atoms with van der Waals surface area (Å²) in [6.45, 7) is 6.73. The van der Waals surface area contributed by atoms with Crippen LogP contribution in [0, 0.1) is 11.3 Å². The summed E-state index contributed by atoms with van der Waals surface area (Å²) in [6, 6.07) is 0. The number of nitrogens with two attached hydrogens (primary N) is 1. The van der Waals surface area contributed by atoms with Crippen molar-refractivity contribution in [2.45, 2.75) is 58.5 Å².